The van der Waals surface area contributed by atoms with Crippen LogP contribution in [-0.2, 0) is 19.7 Å². The fourth-order valence-electron chi connectivity index (χ4n) is 2.17. The van der Waals surface area contributed by atoms with Gasteiger partial charge in [-0.1, -0.05) is 26.0 Å². The Hall–Kier alpha value is -1.20. The third-order valence-corrected chi connectivity index (χ3v) is 3.72. The van der Waals surface area contributed by atoms with Gasteiger partial charge in [0.2, 0.25) is 0 Å². The first-order valence-electron chi connectivity index (χ1n) is 7.82. The Labute approximate surface area is 144 Å². The third kappa shape index (κ3) is 7.14. The third-order valence-electron chi connectivity index (χ3n) is 3.72. The van der Waals surface area contributed by atoms with Gasteiger partial charge in [-0.15, -0.1) is 0 Å². The molecule has 6 nitrogen and oxygen atoms in total. The number of esters is 1. The molecule has 0 aliphatic heterocycles. The summed E-state index contributed by atoms with van der Waals surface area (Å²) in [7, 11) is -1.41. The van der Waals surface area contributed by atoms with Crippen LogP contribution >= 0.6 is 8.25 Å². The molecule has 0 spiro atoms. The molecule has 0 saturated heterocycles. The number of carbonyl (C=O) groups excluding carboxylic acids is 1. The lowest BCUT2D eigenvalue weighted by Crippen LogP contribution is -2.28. The number of rotatable bonds is 5. The Bertz CT molecular complexity index is 534. The van der Waals surface area contributed by atoms with Gasteiger partial charge in [-0.2, -0.15) is 0 Å². The fraction of sp³-hybridized carbons (Fsp3) is 0.588. The Morgan fingerprint density at radius 1 is 1.17 bits per heavy atom. The highest BCUT2D eigenvalue weighted by Crippen LogP contribution is 2.34. The minimum Gasteiger partial charge on any atom is -0.426 e. The van der Waals surface area contributed by atoms with Crippen molar-refractivity contribution in [1.29, 1.82) is 0 Å². The fourth-order valence-corrected chi connectivity index (χ4v) is 2.17. The van der Waals surface area contributed by atoms with Crippen molar-refractivity contribution in [3.05, 3.63) is 29.8 Å². The average molecular weight is 360 g/mol. The first-order chi connectivity index (χ1) is 11.0. The molecule has 0 fully saturated rings. The van der Waals surface area contributed by atoms with E-state index in [2.05, 4.69) is 13.8 Å². The molecule has 0 aromatic heterocycles. The van der Waals surface area contributed by atoms with Crippen LogP contribution in [0.1, 0.15) is 53.0 Å². The number of benzene rings is 1. The van der Waals surface area contributed by atoms with Gasteiger partial charge in [-0.3, -0.25) is 9.36 Å². The largest absolute Gasteiger partial charge is 0.426 e. The predicted octanol–water partition coefficient (Wildman–Crippen LogP) is 3.66. The molecule has 0 heterocycles. The van der Waals surface area contributed by atoms with Crippen molar-refractivity contribution in [2.75, 3.05) is 7.11 Å². The van der Waals surface area contributed by atoms with E-state index in [9.17, 15) is 4.79 Å². The first-order valence-corrected chi connectivity index (χ1v) is 9.12. The zero-order valence-electron chi connectivity index (χ0n) is 15.3. The normalized spacial score (nSPS) is 11.7. The van der Waals surface area contributed by atoms with Crippen molar-refractivity contribution in [3.63, 3.8) is 0 Å². The second-order valence-corrected chi connectivity index (χ2v) is 6.92. The van der Waals surface area contributed by atoms with Crippen LogP contribution in [0, 0.1) is 5.41 Å². The van der Waals surface area contributed by atoms with Crippen LogP contribution in [0.25, 0.3) is 0 Å². The SMILES string of the molecule is CCC(CC)(OC)c1cccc(OC(=O)C(C)(C)C)c1.O=[PH](O)O. The van der Waals surface area contributed by atoms with Crippen molar-refractivity contribution in [2.24, 2.45) is 5.41 Å². The molecule has 2 N–H and O–H groups in total. The maximum Gasteiger partial charge on any atom is 0.316 e. The molecule has 7 heteroatoms. The lowest BCUT2D eigenvalue weighted by molar-refractivity contribution is -0.143. The molecular weight excluding hydrogens is 331 g/mol. The standard InChI is InChI=1S/C17H26O3.H3O3P/c1-7-17(8-2,19-6)13-10-9-11-14(12-13)20-15(18)16(3,4)5;1-4(2)3/h9-12H,7-8H2,1-6H3;4H,(H2,1,2,3). The zero-order chi connectivity index (χ0) is 19.0. The summed E-state index contributed by atoms with van der Waals surface area (Å²) < 4.78 is 19.9. The Morgan fingerprint density at radius 3 is 2.04 bits per heavy atom. The molecule has 138 valence electrons. The molecule has 0 saturated carbocycles. The van der Waals surface area contributed by atoms with Gasteiger partial charge in [0, 0.05) is 7.11 Å². The molecule has 1 aromatic carbocycles. The van der Waals surface area contributed by atoms with E-state index < -0.39 is 13.7 Å². The molecule has 0 atom stereocenters. The van der Waals surface area contributed by atoms with E-state index in [4.69, 9.17) is 23.8 Å². The molecular formula is C17H29O6P. The lowest BCUT2D eigenvalue weighted by Gasteiger charge is -2.31. The highest BCUT2D eigenvalue weighted by molar-refractivity contribution is 7.30. The highest BCUT2D eigenvalue weighted by Gasteiger charge is 2.29. The molecule has 0 radical (unpaired) electrons. The highest BCUT2D eigenvalue weighted by atomic mass is 31.1. The van der Waals surface area contributed by atoms with E-state index in [0.29, 0.717) is 5.75 Å². The smallest absolute Gasteiger partial charge is 0.316 e. The number of methoxy groups -OCH3 is 1. The van der Waals surface area contributed by atoms with Crippen LogP contribution in [-0.4, -0.2) is 22.9 Å². The van der Waals surface area contributed by atoms with Crippen LogP contribution in [0.5, 0.6) is 5.75 Å². The van der Waals surface area contributed by atoms with E-state index in [0.717, 1.165) is 18.4 Å². The maximum atomic E-state index is 12.0. The summed E-state index contributed by atoms with van der Waals surface area (Å²) in [5, 5.41) is 0. The summed E-state index contributed by atoms with van der Waals surface area (Å²) in [5.74, 6) is 0.344. The molecule has 0 unspecified atom stereocenters. The second kappa shape index (κ2) is 9.94. The monoisotopic (exact) mass is 360 g/mol. The Morgan fingerprint density at radius 2 is 1.67 bits per heavy atom. The van der Waals surface area contributed by atoms with Crippen molar-refractivity contribution in [1.82, 2.24) is 0 Å². The van der Waals surface area contributed by atoms with E-state index in [-0.39, 0.29) is 11.6 Å². The van der Waals surface area contributed by atoms with Gasteiger partial charge in [0.25, 0.3) is 0 Å². The molecule has 0 aliphatic rings. The molecule has 0 amide bonds. The van der Waals surface area contributed by atoms with Gasteiger partial charge in [0.05, 0.1) is 11.0 Å². The van der Waals surface area contributed by atoms with Gasteiger partial charge in [-0.05, 0) is 51.3 Å². The first kappa shape index (κ1) is 22.8. The van der Waals surface area contributed by atoms with Crippen molar-refractivity contribution < 1.29 is 28.6 Å². The average Bonchev–Trinajstić information content (AvgIpc) is 2.48. The van der Waals surface area contributed by atoms with Gasteiger partial charge < -0.3 is 19.3 Å². The predicted molar refractivity (Wildman–Crippen MR) is 94.2 cm³/mol. The quantitative estimate of drug-likeness (QED) is 0.473. The van der Waals surface area contributed by atoms with Crippen molar-refractivity contribution in [2.45, 2.75) is 53.1 Å². The summed E-state index contributed by atoms with van der Waals surface area (Å²) in [5.41, 5.74) is 0.220. The van der Waals surface area contributed by atoms with Crippen molar-refractivity contribution in [3.8, 4) is 5.75 Å². The maximum absolute atomic E-state index is 12.0. The minimum atomic E-state index is -3.13. The Kier molecular flexibility index (Phi) is 9.45. The van der Waals surface area contributed by atoms with Gasteiger partial charge in [0.1, 0.15) is 5.75 Å². The molecule has 0 aliphatic carbocycles. The van der Waals surface area contributed by atoms with E-state index in [1.165, 1.54) is 0 Å². The van der Waals surface area contributed by atoms with Crippen LogP contribution < -0.4 is 4.74 Å². The second-order valence-electron chi connectivity index (χ2n) is 6.36. The lowest BCUT2D eigenvalue weighted by atomic mass is 9.88. The van der Waals surface area contributed by atoms with Gasteiger partial charge in [-0.25, -0.2) is 0 Å². The summed E-state index contributed by atoms with van der Waals surface area (Å²) in [6, 6.07) is 7.63. The van der Waals surface area contributed by atoms with Crippen LogP contribution in [0.4, 0.5) is 0 Å². The van der Waals surface area contributed by atoms with Crippen molar-refractivity contribution >= 4 is 14.2 Å². The number of ether oxygens (including phenoxy) is 2. The minimum absolute atomic E-state index is 0.231. The van der Waals surface area contributed by atoms with Crippen LogP contribution in [0.3, 0.4) is 0 Å². The Balaban J connectivity index is 0.00000118. The van der Waals surface area contributed by atoms with E-state index in [1.807, 2.05) is 39.0 Å². The summed E-state index contributed by atoms with van der Waals surface area (Å²) in [6.07, 6.45) is 1.74. The van der Waals surface area contributed by atoms with Crippen LogP contribution in [0.2, 0.25) is 0 Å². The van der Waals surface area contributed by atoms with Gasteiger partial charge >= 0.3 is 14.2 Å². The van der Waals surface area contributed by atoms with Gasteiger partial charge in [0.15, 0.2) is 0 Å². The van der Waals surface area contributed by atoms with Crippen LogP contribution in [0.15, 0.2) is 24.3 Å². The molecule has 24 heavy (non-hydrogen) atoms. The number of hydrogen-bond donors (Lipinski definition) is 2. The number of carbonyl (C=O) groups is 1. The topological polar surface area (TPSA) is 93.1 Å². The zero-order valence-corrected chi connectivity index (χ0v) is 16.3. The molecule has 1 rings (SSSR count). The number of hydrogen-bond acceptors (Lipinski definition) is 4. The summed E-state index contributed by atoms with van der Waals surface area (Å²) >= 11 is 0. The molecule has 1 aromatic rings. The van der Waals surface area contributed by atoms with E-state index in [1.54, 1.807) is 13.2 Å². The summed E-state index contributed by atoms with van der Waals surface area (Å²) in [4.78, 5) is 26.3. The van der Waals surface area contributed by atoms with E-state index >= 15 is 0 Å². The molecule has 0 bridgehead atoms. The summed E-state index contributed by atoms with van der Waals surface area (Å²) in [6.45, 7) is 9.73.